The van der Waals surface area contributed by atoms with E-state index in [0.717, 1.165) is 42.0 Å². The van der Waals surface area contributed by atoms with Crippen molar-refractivity contribution in [1.82, 2.24) is 5.32 Å². The minimum Gasteiger partial charge on any atom is -0.494 e. The van der Waals surface area contributed by atoms with Gasteiger partial charge in [0, 0.05) is 5.69 Å². The molecule has 0 aliphatic heterocycles. The van der Waals surface area contributed by atoms with Crippen molar-refractivity contribution in [3.05, 3.63) is 44.6 Å². The van der Waals surface area contributed by atoms with E-state index in [9.17, 15) is 4.79 Å². The monoisotopic (exact) mass is 416 g/mol. The van der Waals surface area contributed by atoms with Crippen LogP contribution < -0.4 is 15.4 Å². The molecule has 25 heavy (non-hydrogen) atoms. The van der Waals surface area contributed by atoms with Crippen LogP contribution in [-0.2, 0) is 0 Å². The number of carbonyl (C=O) groups is 1. The average molecular weight is 417 g/mol. The molecule has 0 aliphatic rings. The van der Waals surface area contributed by atoms with Crippen molar-refractivity contribution < 1.29 is 9.53 Å². The van der Waals surface area contributed by atoms with Crippen LogP contribution in [0.5, 0.6) is 5.75 Å². The maximum Gasteiger partial charge on any atom is 0.259 e. The quantitative estimate of drug-likeness (QED) is 0.445. The summed E-state index contributed by atoms with van der Waals surface area (Å²) in [4.78, 5) is 12.1. The van der Waals surface area contributed by atoms with Crippen molar-refractivity contribution in [1.29, 1.82) is 0 Å². The van der Waals surface area contributed by atoms with Gasteiger partial charge in [0.15, 0.2) is 5.11 Å². The maximum absolute atomic E-state index is 12.1. The van der Waals surface area contributed by atoms with E-state index in [-0.39, 0.29) is 5.11 Å². The average Bonchev–Trinajstić information content (AvgIpc) is 2.91. The fourth-order valence-corrected chi connectivity index (χ4v) is 3.67. The third kappa shape index (κ3) is 6.47. The summed E-state index contributed by atoms with van der Waals surface area (Å²) in [6, 6.07) is 8.89. The molecule has 0 saturated carbocycles. The summed E-state index contributed by atoms with van der Waals surface area (Å²) in [7, 11) is 0. The smallest absolute Gasteiger partial charge is 0.259 e. The highest BCUT2D eigenvalue weighted by molar-refractivity contribution is 7.80. The van der Waals surface area contributed by atoms with Gasteiger partial charge in [0.2, 0.25) is 0 Å². The normalized spacial score (nSPS) is 10.4. The zero-order chi connectivity index (χ0) is 18.2. The lowest BCUT2D eigenvalue weighted by Gasteiger charge is -2.10. The third-order valence-electron chi connectivity index (χ3n) is 3.26. The fraction of sp³-hybridized carbons (Fsp3) is 0.294. The first-order valence-electron chi connectivity index (χ1n) is 7.79. The van der Waals surface area contributed by atoms with Crippen LogP contribution >= 0.6 is 46.8 Å². The number of hydrogen-bond acceptors (Lipinski definition) is 4. The highest BCUT2D eigenvalue weighted by Crippen LogP contribution is 2.31. The zero-order valence-electron chi connectivity index (χ0n) is 13.6. The molecule has 1 aromatic heterocycles. The Bertz CT molecular complexity index is 733. The molecule has 2 rings (SSSR count). The van der Waals surface area contributed by atoms with Crippen LogP contribution in [0.4, 0.5) is 5.69 Å². The lowest BCUT2D eigenvalue weighted by atomic mass is 10.2. The molecule has 0 fully saturated rings. The molecule has 2 N–H and O–H groups in total. The van der Waals surface area contributed by atoms with Crippen LogP contribution in [0.3, 0.4) is 0 Å². The van der Waals surface area contributed by atoms with E-state index in [2.05, 4.69) is 17.6 Å². The fourth-order valence-electron chi connectivity index (χ4n) is 2.00. The number of anilines is 1. The SMILES string of the molecule is CCCCCOc1ccc(NC(=S)NC(=O)c2cc(Cl)sc2Cl)cc1. The predicted octanol–water partition coefficient (Wildman–Crippen LogP) is 5.75. The molecule has 2 aromatic rings. The second-order valence-corrected chi connectivity index (χ2v) is 7.92. The number of thiocarbonyl (C=S) groups is 1. The van der Waals surface area contributed by atoms with Gasteiger partial charge < -0.3 is 10.1 Å². The number of hydrogen-bond donors (Lipinski definition) is 2. The maximum atomic E-state index is 12.1. The molecule has 0 unspecified atom stereocenters. The Morgan fingerprint density at radius 2 is 1.96 bits per heavy atom. The number of nitrogens with one attached hydrogen (secondary N) is 2. The predicted molar refractivity (Wildman–Crippen MR) is 109 cm³/mol. The number of ether oxygens (including phenoxy) is 1. The summed E-state index contributed by atoms with van der Waals surface area (Å²) >= 11 is 18.1. The van der Waals surface area contributed by atoms with E-state index in [4.69, 9.17) is 40.2 Å². The lowest BCUT2D eigenvalue weighted by molar-refractivity contribution is 0.0978. The molecular formula is C17H18Cl2N2O2S2. The molecule has 0 radical (unpaired) electrons. The van der Waals surface area contributed by atoms with Gasteiger partial charge in [-0.05, 0) is 49.0 Å². The number of thiophene rings is 1. The van der Waals surface area contributed by atoms with Gasteiger partial charge in [0.1, 0.15) is 10.1 Å². The highest BCUT2D eigenvalue weighted by Gasteiger charge is 2.15. The molecule has 0 aliphatic carbocycles. The number of rotatable bonds is 7. The first-order chi connectivity index (χ1) is 12.0. The number of carbonyl (C=O) groups excluding carboxylic acids is 1. The molecule has 1 aromatic carbocycles. The van der Waals surface area contributed by atoms with Crippen LogP contribution in [0.15, 0.2) is 30.3 Å². The first kappa shape index (κ1) is 20.0. The molecule has 8 heteroatoms. The van der Waals surface area contributed by atoms with E-state index in [0.29, 0.717) is 20.8 Å². The van der Waals surface area contributed by atoms with Crippen molar-refractivity contribution in [3.8, 4) is 5.75 Å². The molecule has 0 saturated heterocycles. The van der Waals surface area contributed by atoms with Gasteiger partial charge in [-0.1, -0.05) is 43.0 Å². The van der Waals surface area contributed by atoms with Crippen LogP contribution in [0.1, 0.15) is 36.5 Å². The summed E-state index contributed by atoms with van der Waals surface area (Å²) < 4.78 is 6.43. The number of halogens is 2. The standard InChI is InChI=1S/C17H18Cl2N2O2S2/c1-2-3-4-9-23-12-7-5-11(6-8-12)20-17(24)21-16(22)13-10-14(18)25-15(13)19/h5-8,10H,2-4,9H2,1H3,(H2,20,21,22,24). The summed E-state index contributed by atoms with van der Waals surface area (Å²) in [6.07, 6.45) is 3.37. The molecular weight excluding hydrogens is 399 g/mol. The summed E-state index contributed by atoms with van der Waals surface area (Å²) in [5, 5.41) is 5.70. The molecule has 1 heterocycles. The van der Waals surface area contributed by atoms with Gasteiger partial charge in [0.25, 0.3) is 5.91 Å². The lowest BCUT2D eigenvalue weighted by Crippen LogP contribution is -2.34. The molecule has 0 atom stereocenters. The van der Waals surface area contributed by atoms with Crippen LogP contribution in [0.25, 0.3) is 0 Å². The second kappa shape index (κ2) is 9.97. The molecule has 0 spiro atoms. The minimum absolute atomic E-state index is 0.181. The van der Waals surface area contributed by atoms with Gasteiger partial charge in [0.05, 0.1) is 16.5 Å². The Labute approximate surface area is 166 Å². The van der Waals surface area contributed by atoms with Gasteiger partial charge in [-0.15, -0.1) is 11.3 Å². The van der Waals surface area contributed by atoms with E-state index in [1.165, 1.54) is 6.07 Å². The minimum atomic E-state index is -0.401. The zero-order valence-corrected chi connectivity index (χ0v) is 16.7. The van der Waals surface area contributed by atoms with Crippen LogP contribution in [-0.4, -0.2) is 17.6 Å². The Morgan fingerprint density at radius 3 is 2.56 bits per heavy atom. The van der Waals surface area contributed by atoms with Crippen molar-refractivity contribution in [2.45, 2.75) is 26.2 Å². The third-order valence-corrected chi connectivity index (χ3v) is 4.95. The van der Waals surface area contributed by atoms with Crippen molar-refractivity contribution >= 4 is 63.5 Å². The van der Waals surface area contributed by atoms with Gasteiger partial charge in [-0.25, -0.2) is 0 Å². The largest absolute Gasteiger partial charge is 0.494 e. The highest BCUT2D eigenvalue weighted by atomic mass is 35.5. The van der Waals surface area contributed by atoms with E-state index >= 15 is 0 Å². The van der Waals surface area contributed by atoms with Crippen LogP contribution in [0.2, 0.25) is 8.67 Å². The van der Waals surface area contributed by atoms with Gasteiger partial charge in [-0.3, -0.25) is 10.1 Å². The molecule has 0 bridgehead atoms. The number of amides is 1. The number of unbranched alkanes of at least 4 members (excludes halogenated alkanes) is 2. The van der Waals surface area contributed by atoms with E-state index < -0.39 is 5.91 Å². The Morgan fingerprint density at radius 1 is 1.24 bits per heavy atom. The molecule has 1 amide bonds. The van der Waals surface area contributed by atoms with Crippen molar-refractivity contribution in [2.24, 2.45) is 0 Å². The second-order valence-electron chi connectivity index (χ2n) is 5.23. The summed E-state index contributed by atoms with van der Waals surface area (Å²) in [5.74, 6) is 0.401. The Balaban J connectivity index is 1.84. The summed E-state index contributed by atoms with van der Waals surface area (Å²) in [6.45, 7) is 2.86. The van der Waals surface area contributed by atoms with Crippen molar-refractivity contribution in [3.63, 3.8) is 0 Å². The Hall–Kier alpha value is -1.34. The Kier molecular flexibility index (Phi) is 7.96. The van der Waals surface area contributed by atoms with Gasteiger partial charge in [-0.2, -0.15) is 0 Å². The van der Waals surface area contributed by atoms with E-state index in [1.807, 2.05) is 24.3 Å². The van der Waals surface area contributed by atoms with Crippen molar-refractivity contribution in [2.75, 3.05) is 11.9 Å². The molecule has 134 valence electrons. The first-order valence-corrected chi connectivity index (χ1v) is 9.77. The van der Waals surface area contributed by atoms with Crippen LogP contribution in [0, 0.1) is 0 Å². The number of benzene rings is 1. The molecule has 4 nitrogen and oxygen atoms in total. The topological polar surface area (TPSA) is 50.4 Å². The van der Waals surface area contributed by atoms with E-state index in [1.54, 1.807) is 0 Å². The summed E-state index contributed by atoms with van der Waals surface area (Å²) in [5.41, 5.74) is 1.05. The van der Waals surface area contributed by atoms with Gasteiger partial charge >= 0.3 is 0 Å².